The Kier molecular flexibility index (Phi) is 6.67. The van der Waals surface area contributed by atoms with Crippen LogP contribution in [0.2, 0.25) is 0 Å². The Morgan fingerprint density at radius 2 is 2.18 bits per heavy atom. The summed E-state index contributed by atoms with van der Waals surface area (Å²) in [4.78, 5) is 19.0. The molecule has 5 nitrogen and oxygen atoms in total. The first kappa shape index (κ1) is 19.9. The number of carbonyl (C=O) groups is 1. The largest absolute Gasteiger partial charge is 0.439 e. The summed E-state index contributed by atoms with van der Waals surface area (Å²) in [6.45, 7) is 5.88. The molecule has 3 rings (SSSR count). The van der Waals surface area contributed by atoms with Gasteiger partial charge in [-0.25, -0.2) is 4.98 Å². The topological polar surface area (TPSA) is 54.5 Å². The fraction of sp³-hybridized carbons (Fsp3) is 0.391. The molecule has 2 heterocycles. The highest BCUT2D eigenvalue weighted by atomic mass is 16.5. The highest BCUT2D eigenvalue weighted by Gasteiger charge is 2.27. The first-order chi connectivity index (χ1) is 13.6. The molecule has 1 N–H and O–H groups in total. The third-order valence-corrected chi connectivity index (χ3v) is 5.03. The van der Waals surface area contributed by atoms with Gasteiger partial charge in [-0.2, -0.15) is 0 Å². The van der Waals surface area contributed by atoms with E-state index in [-0.39, 0.29) is 11.9 Å². The minimum absolute atomic E-state index is 0.0330. The van der Waals surface area contributed by atoms with E-state index in [0.717, 1.165) is 48.2 Å². The molecule has 1 fully saturated rings. The average molecular weight is 377 g/mol. The molecule has 0 aliphatic carbocycles. The minimum Gasteiger partial charge on any atom is -0.439 e. The summed E-state index contributed by atoms with van der Waals surface area (Å²) < 4.78 is 5.88. The van der Waals surface area contributed by atoms with Gasteiger partial charge in [0.25, 0.3) is 0 Å². The lowest BCUT2D eigenvalue weighted by Gasteiger charge is -2.33. The molecule has 0 saturated carbocycles. The maximum absolute atomic E-state index is 12.6. The molecular weight excluding hydrogens is 350 g/mol. The van der Waals surface area contributed by atoms with Crippen LogP contribution in [0.15, 0.2) is 36.5 Å². The first-order valence-corrected chi connectivity index (χ1v) is 9.72. The van der Waals surface area contributed by atoms with Gasteiger partial charge in [-0.1, -0.05) is 30.5 Å². The molecule has 1 atom stereocenters. The maximum Gasteiger partial charge on any atom is 0.237 e. The molecular formula is C23H27N3O2. The predicted octanol–water partition coefficient (Wildman–Crippen LogP) is 3.59. The van der Waals surface area contributed by atoms with E-state index < -0.39 is 0 Å². The van der Waals surface area contributed by atoms with Gasteiger partial charge < -0.3 is 10.1 Å². The van der Waals surface area contributed by atoms with Crippen LogP contribution in [-0.2, 0) is 11.3 Å². The maximum atomic E-state index is 12.6. The van der Waals surface area contributed by atoms with E-state index >= 15 is 0 Å². The van der Waals surface area contributed by atoms with Crippen LogP contribution in [-0.4, -0.2) is 34.9 Å². The molecule has 0 bridgehead atoms. The first-order valence-electron chi connectivity index (χ1n) is 9.72. The summed E-state index contributed by atoms with van der Waals surface area (Å²) in [6.07, 6.45) is 10.2. The number of nitrogens with one attached hydrogen (secondary N) is 1. The number of carbonyl (C=O) groups excluding carboxylic acids is 1. The van der Waals surface area contributed by atoms with Crippen molar-refractivity contribution in [3.63, 3.8) is 0 Å². The van der Waals surface area contributed by atoms with Crippen LogP contribution in [0.25, 0.3) is 0 Å². The predicted molar refractivity (Wildman–Crippen MR) is 110 cm³/mol. The number of nitrogens with zero attached hydrogens (tertiary/aromatic N) is 2. The van der Waals surface area contributed by atoms with Gasteiger partial charge in [-0.15, -0.1) is 6.42 Å². The number of aromatic nitrogens is 1. The second-order valence-electron chi connectivity index (χ2n) is 7.28. The van der Waals surface area contributed by atoms with E-state index in [4.69, 9.17) is 11.2 Å². The molecule has 1 aromatic heterocycles. The van der Waals surface area contributed by atoms with E-state index in [1.807, 2.05) is 38.1 Å². The zero-order valence-corrected chi connectivity index (χ0v) is 16.6. The van der Waals surface area contributed by atoms with Crippen LogP contribution in [0.5, 0.6) is 11.6 Å². The van der Waals surface area contributed by atoms with Gasteiger partial charge in [0.2, 0.25) is 11.8 Å². The monoisotopic (exact) mass is 377 g/mol. The van der Waals surface area contributed by atoms with Crippen molar-refractivity contribution in [2.24, 2.45) is 0 Å². The van der Waals surface area contributed by atoms with Crippen molar-refractivity contribution >= 4 is 5.91 Å². The van der Waals surface area contributed by atoms with Gasteiger partial charge in [0.1, 0.15) is 5.75 Å². The summed E-state index contributed by atoms with van der Waals surface area (Å²) in [5, 5.41) is 3.01. The number of hydrogen-bond donors (Lipinski definition) is 1. The third kappa shape index (κ3) is 5.11. The Morgan fingerprint density at radius 1 is 1.32 bits per heavy atom. The zero-order valence-electron chi connectivity index (χ0n) is 16.6. The van der Waals surface area contributed by atoms with Crippen LogP contribution in [0.4, 0.5) is 0 Å². The summed E-state index contributed by atoms with van der Waals surface area (Å²) in [5.41, 5.74) is 3.13. The molecule has 1 aromatic carbocycles. The molecule has 146 valence electrons. The van der Waals surface area contributed by atoms with Gasteiger partial charge in [0.15, 0.2) is 0 Å². The Labute approximate surface area is 167 Å². The number of ether oxygens (including phenoxy) is 1. The van der Waals surface area contributed by atoms with E-state index in [9.17, 15) is 4.79 Å². The van der Waals surface area contributed by atoms with E-state index in [1.165, 1.54) is 0 Å². The van der Waals surface area contributed by atoms with Gasteiger partial charge >= 0.3 is 0 Å². The van der Waals surface area contributed by atoms with E-state index in [2.05, 4.69) is 27.2 Å². The molecule has 1 amide bonds. The van der Waals surface area contributed by atoms with Gasteiger partial charge in [-0.05, 0) is 56.0 Å². The number of benzene rings is 1. The van der Waals surface area contributed by atoms with Crippen molar-refractivity contribution < 1.29 is 9.53 Å². The number of rotatable bonds is 6. The second-order valence-corrected chi connectivity index (χ2v) is 7.28. The highest BCUT2D eigenvalue weighted by molar-refractivity contribution is 5.81. The molecule has 28 heavy (non-hydrogen) atoms. The molecule has 0 radical (unpaired) electrons. The molecule has 2 aromatic rings. The third-order valence-electron chi connectivity index (χ3n) is 5.03. The Morgan fingerprint density at radius 3 is 2.93 bits per heavy atom. The fourth-order valence-electron chi connectivity index (χ4n) is 3.41. The summed E-state index contributed by atoms with van der Waals surface area (Å²) >= 11 is 0. The molecule has 0 spiro atoms. The number of terminal acetylenes is 1. The van der Waals surface area contributed by atoms with Gasteiger partial charge in [0, 0.05) is 18.8 Å². The second kappa shape index (κ2) is 9.38. The van der Waals surface area contributed by atoms with Crippen molar-refractivity contribution in [1.82, 2.24) is 15.2 Å². The van der Waals surface area contributed by atoms with Crippen LogP contribution in [0.3, 0.4) is 0 Å². The lowest BCUT2D eigenvalue weighted by Crippen LogP contribution is -2.49. The summed E-state index contributed by atoms with van der Waals surface area (Å²) in [5.74, 6) is 4.03. The standard InChI is InChI=1S/C23H27N3O2/c1-4-12-26-13-6-5-7-20(26)23(27)25-16-19-10-11-22(24-15-19)28-21-14-17(2)8-9-18(21)3/h1,8-11,14-15,20H,5-7,12-13,16H2,2-3H3,(H,25,27). The number of piperidine rings is 1. The number of likely N-dealkylation sites (tertiary alicyclic amines) is 1. The normalized spacial score (nSPS) is 17.0. The van der Waals surface area contributed by atoms with Crippen molar-refractivity contribution in [3.8, 4) is 24.0 Å². The van der Waals surface area contributed by atoms with Crippen molar-refractivity contribution in [2.75, 3.05) is 13.1 Å². The SMILES string of the molecule is C#CCN1CCCCC1C(=O)NCc1ccc(Oc2cc(C)ccc2C)nc1. The molecule has 5 heteroatoms. The number of amides is 1. The number of pyridine rings is 1. The lowest BCUT2D eigenvalue weighted by molar-refractivity contribution is -0.127. The van der Waals surface area contributed by atoms with Crippen molar-refractivity contribution in [2.45, 2.75) is 45.7 Å². The molecule has 1 unspecified atom stereocenters. The van der Waals surface area contributed by atoms with Crippen LogP contribution < -0.4 is 10.1 Å². The molecule has 1 saturated heterocycles. The van der Waals surface area contributed by atoms with Crippen molar-refractivity contribution in [1.29, 1.82) is 0 Å². The molecule has 1 aliphatic rings. The smallest absolute Gasteiger partial charge is 0.237 e. The van der Waals surface area contributed by atoms with Crippen LogP contribution in [0.1, 0.15) is 36.0 Å². The zero-order chi connectivity index (χ0) is 19.9. The van der Waals surface area contributed by atoms with E-state index in [1.54, 1.807) is 6.20 Å². The summed E-state index contributed by atoms with van der Waals surface area (Å²) in [7, 11) is 0. The average Bonchev–Trinajstić information content (AvgIpc) is 2.71. The Bertz CT molecular complexity index is 855. The quantitative estimate of drug-likeness (QED) is 0.782. The number of hydrogen-bond acceptors (Lipinski definition) is 4. The Hall–Kier alpha value is -2.84. The fourth-order valence-corrected chi connectivity index (χ4v) is 3.41. The van der Waals surface area contributed by atoms with Crippen LogP contribution in [0, 0.1) is 26.2 Å². The van der Waals surface area contributed by atoms with Crippen molar-refractivity contribution in [3.05, 3.63) is 53.2 Å². The van der Waals surface area contributed by atoms with E-state index in [0.29, 0.717) is 19.0 Å². The molecule has 1 aliphatic heterocycles. The van der Waals surface area contributed by atoms with Crippen LogP contribution >= 0.6 is 0 Å². The highest BCUT2D eigenvalue weighted by Crippen LogP contribution is 2.24. The van der Waals surface area contributed by atoms with Gasteiger partial charge in [-0.3, -0.25) is 9.69 Å². The summed E-state index contributed by atoms with van der Waals surface area (Å²) in [6, 6.07) is 9.70. The minimum atomic E-state index is -0.135. The number of aryl methyl sites for hydroxylation is 2. The Balaban J connectivity index is 1.56. The van der Waals surface area contributed by atoms with Gasteiger partial charge in [0.05, 0.1) is 12.6 Å². The lowest BCUT2D eigenvalue weighted by atomic mass is 10.0.